The minimum Gasteiger partial charge on any atom is -0.359 e. The highest BCUT2D eigenvalue weighted by atomic mass is 16.1. The Morgan fingerprint density at radius 1 is 1.40 bits per heavy atom. The van der Waals surface area contributed by atoms with Crippen LogP contribution >= 0.6 is 0 Å². The number of nitrogens with zero attached hydrogens (tertiary/aromatic N) is 1. The van der Waals surface area contributed by atoms with Gasteiger partial charge in [-0.1, -0.05) is 6.42 Å². The van der Waals surface area contributed by atoms with Crippen molar-refractivity contribution in [1.82, 2.24) is 15.5 Å². The van der Waals surface area contributed by atoms with Gasteiger partial charge in [-0.2, -0.15) is 0 Å². The second-order valence-corrected chi connectivity index (χ2v) is 4.17. The predicted octanol–water partition coefficient (Wildman–Crippen LogP) is 0.196. The molecule has 4 nitrogen and oxygen atoms in total. The van der Waals surface area contributed by atoms with Gasteiger partial charge in [0.15, 0.2) is 0 Å². The molecule has 0 radical (unpaired) electrons. The summed E-state index contributed by atoms with van der Waals surface area (Å²) in [5, 5.41) is 5.90. The number of amides is 1. The van der Waals surface area contributed by atoms with E-state index in [4.69, 9.17) is 0 Å². The standard InChI is InChI=1S/C11H23N3O/c1-12-9-10-5-3-4-7-14(10)8-6-11(15)13-2/h10,12H,3-9H2,1-2H3,(H,13,15). The lowest BCUT2D eigenvalue weighted by Crippen LogP contribution is -2.46. The number of likely N-dealkylation sites (N-methyl/N-ethyl adjacent to an activating group) is 1. The summed E-state index contributed by atoms with van der Waals surface area (Å²) in [6, 6.07) is 0.619. The van der Waals surface area contributed by atoms with Crippen molar-refractivity contribution in [3.8, 4) is 0 Å². The van der Waals surface area contributed by atoms with Crippen LogP contribution in [-0.4, -0.2) is 50.6 Å². The first-order valence-electron chi connectivity index (χ1n) is 5.87. The second kappa shape index (κ2) is 6.80. The molecular weight excluding hydrogens is 190 g/mol. The summed E-state index contributed by atoms with van der Waals surface area (Å²) in [6.45, 7) is 3.07. The smallest absolute Gasteiger partial charge is 0.221 e. The molecule has 1 rings (SSSR count). The average molecular weight is 213 g/mol. The monoisotopic (exact) mass is 213 g/mol. The summed E-state index contributed by atoms with van der Waals surface area (Å²) in [4.78, 5) is 13.6. The van der Waals surface area contributed by atoms with Crippen molar-refractivity contribution in [2.45, 2.75) is 31.7 Å². The minimum atomic E-state index is 0.142. The average Bonchev–Trinajstić information content (AvgIpc) is 2.28. The van der Waals surface area contributed by atoms with Crippen LogP contribution in [0.5, 0.6) is 0 Å². The van der Waals surface area contributed by atoms with Crippen molar-refractivity contribution >= 4 is 5.91 Å². The largest absolute Gasteiger partial charge is 0.359 e. The molecule has 0 spiro atoms. The Bertz CT molecular complexity index is 194. The molecule has 15 heavy (non-hydrogen) atoms. The summed E-state index contributed by atoms with van der Waals surface area (Å²) in [7, 11) is 3.69. The Morgan fingerprint density at radius 3 is 2.87 bits per heavy atom. The minimum absolute atomic E-state index is 0.142. The van der Waals surface area contributed by atoms with Crippen molar-refractivity contribution in [3.05, 3.63) is 0 Å². The summed E-state index contributed by atoms with van der Waals surface area (Å²) in [6.07, 6.45) is 4.47. The molecule has 1 unspecified atom stereocenters. The van der Waals surface area contributed by atoms with E-state index in [2.05, 4.69) is 15.5 Å². The molecule has 0 saturated carbocycles. The highest BCUT2D eigenvalue weighted by molar-refractivity contribution is 5.75. The van der Waals surface area contributed by atoms with Crippen molar-refractivity contribution in [3.63, 3.8) is 0 Å². The number of piperidine rings is 1. The Balaban J connectivity index is 2.32. The van der Waals surface area contributed by atoms with Gasteiger partial charge < -0.3 is 10.6 Å². The number of hydrogen-bond donors (Lipinski definition) is 2. The molecule has 1 saturated heterocycles. The van der Waals surface area contributed by atoms with Crippen LogP contribution in [-0.2, 0) is 4.79 Å². The number of carbonyl (C=O) groups is 1. The zero-order valence-corrected chi connectivity index (χ0v) is 9.88. The van der Waals surface area contributed by atoms with Gasteiger partial charge in [0, 0.05) is 32.6 Å². The molecule has 0 bridgehead atoms. The first kappa shape index (κ1) is 12.5. The van der Waals surface area contributed by atoms with Crippen molar-refractivity contribution < 1.29 is 4.79 Å². The fraction of sp³-hybridized carbons (Fsp3) is 0.909. The van der Waals surface area contributed by atoms with E-state index in [0.717, 1.165) is 19.6 Å². The third-order valence-corrected chi connectivity index (χ3v) is 3.09. The van der Waals surface area contributed by atoms with Gasteiger partial charge in [0.2, 0.25) is 5.91 Å². The summed E-state index contributed by atoms with van der Waals surface area (Å²) < 4.78 is 0. The SMILES string of the molecule is CNCC1CCCCN1CCC(=O)NC. The van der Waals surface area contributed by atoms with Crippen LogP contribution in [0.25, 0.3) is 0 Å². The van der Waals surface area contributed by atoms with E-state index in [1.54, 1.807) is 7.05 Å². The lowest BCUT2D eigenvalue weighted by molar-refractivity contribution is -0.121. The van der Waals surface area contributed by atoms with Crippen LogP contribution < -0.4 is 10.6 Å². The lowest BCUT2D eigenvalue weighted by Gasteiger charge is -2.35. The van der Waals surface area contributed by atoms with Gasteiger partial charge in [-0.15, -0.1) is 0 Å². The van der Waals surface area contributed by atoms with Crippen LogP contribution in [0.4, 0.5) is 0 Å². The van der Waals surface area contributed by atoms with E-state index in [9.17, 15) is 4.79 Å². The third kappa shape index (κ3) is 4.18. The molecule has 1 atom stereocenters. The highest BCUT2D eigenvalue weighted by Crippen LogP contribution is 2.16. The van der Waals surface area contributed by atoms with Gasteiger partial charge in [0.05, 0.1) is 0 Å². The summed E-state index contributed by atoms with van der Waals surface area (Å²) in [5.74, 6) is 0.142. The van der Waals surface area contributed by atoms with Crippen molar-refractivity contribution in [1.29, 1.82) is 0 Å². The molecule has 4 heteroatoms. The Labute approximate surface area is 92.4 Å². The molecule has 1 aliphatic rings. The van der Waals surface area contributed by atoms with E-state index in [0.29, 0.717) is 12.5 Å². The topological polar surface area (TPSA) is 44.4 Å². The van der Waals surface area contributed by atoms with Gasteiger partial charge >= 0.3 is 0 Å². The van der Waals surface area contributed by atoms with E-state index >= 15 is 0 Å². The zero-order valence-electron chi connectivity index (χ0n) is 9.88. The van der Waals surface area contributed by atoms with Gasteiger partial charge in [0.25, 0.3) is 0 Å². The van der Waals surface area contributed by atoms with Crippen molar-refractivity contribution in [2.75, 3.05) is 33.7 Å². The normalized spacial score (nSPS) is 22.7. The van der Waals surface area contributed by atoms with E-state index in [-0.39, 0.29) is 5.91 Å². The van der Waals surface area contributed by atoms with Crippen LogP contribution in [0, 0.1) is 0 Å². The maximum Gasteiger partial charge on any atom is 0.221 e. The molecule has 2 N–H and O–H groups in total. The molecule has 1 aliphatic heterocycles. The number of rotatable bonds is 5. The zero-order chi connectivity index (χ0) is 11.1. The van der Waals surface area contributed by atoms with Gasteiger partial charge in [-0.25, -0.2) is 0 Å². The number of hydrogen-bond acceptors (Lipinski definition) is 3. The van der Waals surface area contributed by atoms with E-state index in [1.165, 1.54) is 19.3 Å². The molecule has 0 aliphatic carbocycles. The molecule has 1 heterocycles. The quantitative estimate of drug-likeness (QED) is 0.685. The van der Waals surface area contributed by atoms with Crippen LogP contribution in [0.2, 0.25) is 0 Å². The van der Waals surface area contributed by atoms with Gasteiger partial charge in [-0.05, 0) is 26.4 Å². The van der Waals surface area contributed by atoms with Crippen molar-refractivity contribution in [2.24, 2.45) is 0 Å². The predicted molar refractivity (Wildman–Crippen MR) is 61.8 cm³/mol. The second-order valence-electron chi connectivity index (χ2n) is 4.17. The molecule has 1 fully saturated rings. The number of carbonyl (C=O) groups excluding carboxylic acids is 1. The van der Waals surface area contributed by atoms with Gasteiger partial charge in [-0.3, -0.25) is 9.69 Å². The fourth-order valence-corrected chi connectivity index (χ4v) is 2.19. The molecule has 0 aromatic rings. The number of nitrogens with one attached hydrogen (secondary N) is 2. The third-order valence-electron chi connectivity index (χ3n) is 3.09. The first-order valence-corrected chi connectivity index (χ1v) is 5.87. The lowest BCUT2D eigenvalue weighted by atomic mass is 10.0. The maximum absolute atomic E-state index is 11.2. The highest BCUT2D eigenvalue weighted by Gasteiger charge is 2.21. The van der Waals surface area contributed by atoms with Crippen LogP contribution in [0.3, 0.4) is 0 Å². The van der Waals surface area contributed by atoms with Gasteiger partial charge in [0.1, 0.15) is 0 Å². The first-order chi connectivity index (χ1) is 7.27. The van der Waals surface area contributed by atoms with E-state index in [1.807, 2.05) is 7.05 Å². The Kier molecular flexibility index (Phi) is 5.65. The molecular formula is C11H23N3O. The molecule has 1 amide bonds. The summed E-state index contributed by atoms with van der Waals surface area (Å²) >= 11 is 0. The molecule has 0 aromatic heterocycles. The number of likely N-dealkylation sites (tertiary alicyclic amines) is 1. The Hall–Kier alpha value is -0.610. The van der Waals surface area contributed by atoms with E-state index < -0.39 is 0 Å². The summed E-state index contributed by atoms with van der Waals surface area (Å²) in [5.41, 5.74) is 0. The van der Waals surface area contributed by atoms with Crippen LogP contribution in [0.15, 0.2) is 0 Å². The Morgan fingerprint density at radius 2 is 2.20 bits per heavy atom. The molecule has 88 valence electrons. The molecule has 0 aromatic carbocycles. The van der Waals surface area contributed by atoms with Crippen LogP contribution in [0.1, 0.15) is 25.7 Å². The fourth-order valence-electron chi connectivity index (χ4n) is 2.19. The maximum atomic E-state index is 11.2.